The third kappa shape index (κ3) is 1.71. The van der Waals surface area contributed by atoms with Crippen LogP contribution in [0.15, 0.2) is 18.2 Å². The fourth-order valence-electron chi connectivity index (χ4n) is 3.83. The molecule has 1 spiro atoms. The Balaban J connectivity index is 1.47. The average Bonchev–Trinajstić information content (AvgIpc) is 2.82. The van der Waals surface area contributed by atoms with E-state index in [0.29, 0.717) is 24.4 Å². The number of benzene rings is 1. The maximum atomic E-state index is 5.89. The summed E-state index contributed by atoms with van der Waals surface area (Å²) in [6, 6.07) is 6.64. The summed E-state index contributed by atoms with van der Waals surface area (Å²) in [5, 5.41) is 3.67. The van der Waals surface area contributed by atoms with Crippen molar-refractivity contribution in [3.63, 3.8) is 0 Å². The lowest BCUT2D eigenvalue weighted by atomic mass is 9.51. The first-order chi connectivity index (χ1) is 9.82. The van der Waals surface area contributed by atoms with Gasteiger partial charge in [-0.15, -0.1) is 0 Å². The van der Waals surface area contributed by atoms with Crippen LogP contribution >= 0.6 is 0 Å². The molecule has 1 aliphatic heterocycles. The van der Waals surface area contributed by atoms with Gasteiger partial charge in [-0.3, -0.25) is 0 Å². The SMILES string of the molecule is CCOC1CC(Nc2ccc3c(c2)OCO3)C12CCC2. The van der Waals surface area contributed by atoms with Crippen LogP contribution < -0.4 is 14.8 Å². The van der Waals surface area contributed by atoms with E-state index >= 15 is 0 Å². The van der Waals surface area contributed by atoms with E-state index in [1.165, 1.54) is 19.3 Å². The molecule has 1 N–H and O–H groups in total. The third-order valence-corrected chi connectivity index (χ3v) is 5.15. The first-order valence-corrected chi connectivity index (χ1v) is 7.59. The second-order valence-electron chi connectivity index (χ2n) is 6.03. The standard InChI is InChI=1S/C16H21NO3/c1-2-18-15-9-14(16(15)6-3-7-16)17-11-4-5-12-13(8-11)20-10-19-12/h4-5,8,14-15,17H,2-3,6-7,9-10H2,1H3. The average molecular weight is 275 g/mol. The van der Waals surface area contributed by atoms with Crippen LogP contribution in [-0.4, -0.2) is 25.5 Å². The highest BCUT2D eigenvalue weighted by molar-refractivity contribution is 5.56. The Kier molecular flexibility index (Phi) is 2.81. The smallest absolute Gasteiger partial charge is 0.231 e. The minimum absolute atomic E-state index is 0.332. The first kappa shape index (κ1) is 12.3. The zero-order valence-electron chi connectivity index (χ0n) is 11.9. The predicted octanol–water partition coefficient (Wildman–Crippen LogP) is 3.17. The van der Waals surface area contributed by atoms with Gasteiger partial charge in [-0.05, 0) is 38.3 Å². The molecule has 0 radical (unpaired) electrons. The summed E-state index contributed by atoms with van der Waals surface area (Å²) >= 11 is 0. The molecule has 1 aromatic carbocycles. The van der Waals surface area contributed by atoms with Gasteiger partial charge in [0.15, 0.2) is 11.5 Å². The Bertz CT molecular complexity index is 512. The van der Waals surface area contributed by atoms with E-state index in [1.807, 2.05) is 12.1 Å². The van der Waals surface area contributed by atoms with Crippen molar-refractivity contribution < 1.29 is 14.2 Å². The van der Waals surface area contributed by atoms with Gasteiger partial charge in [0.1, 0.15) is 0 Å². The molecule has 2 saturated carbocycles. The van der Waals surface area contributed by atoms with Crippen molar-refractivity contribution in [2.45, 2.75) is 44.8 Å². The number of ether oxygens (including phenoxy) is 3. The summed E-state index contributed by atoms with van der Waals surface area (Å²) < 4.78 is 16.7. The van der Waals surface area contributed by atoms with Gasteiger partial charge in [-0.1, -0.05) is 6.42 Å². The van der Waals surface area contributed by atoms with Crippen LogP contribution in [0.5, 0.6) is 11.5 Å². The van der Waals surface area contributed by atoms with Gasteiger partial charge < -0.3 is 19.5 Å². The molecule has 3 aliphatic rings. The highest BCUT2D eigenvalue weighted by Gasteiger charge is 2.58. The molecule has 2 fully saturated rings. The highest BCUT2D eigenvalue weighted by Crippen LogP contribution is 2.58. The van der Waals surface area contributed by atoms with Crippen molar-refractivity contribution in [2.24, 2.45) is 5.41 Å². The molecule has 2 atom stereocenters. The molecule has 0 amide bonds. The van der Waals surface area contributed by atoms with Crippen molar-refractivity contribution in [3.05, 3.63) is 18.2 Å². The molecule has 4 heteroatoms. The molecule has 0 aromatic heterocycles. The Labute approximate surface area is 119 Å². The van der Waals surface area contributed by atoms with Crippen molar-refractivity contribution in [2.75, 3.05) is 18.7 Å². The van der Waals surface area contributed by atoms with Crippen LogP contribution in [-0.2, 0) is 4.74 Å². The van der Waals surface area contributed by atoms with Crippen LogP contribution in [0.25, 0.3) is 0 Å². The van der Waals surface area contributed by atoms with Crippen LogP contribution in [0.4, 0.5) is 5.69 Å². The van der Waals surface area contributed by atoms with E-state index in [-0.39, 0.29) is 0 Å². The molecular formula is C16H21NO3. The fraction of sp³-hybridized carbons (Fsp3) is 0.625. The van der Waals surface area contributed by atoms with Gasteiger partial charge in [-0.25, -0.2) is 0 Å². The molecule has 2 aliphatic carbocycles. The summed E-state index contributed by atoms with van der Waals surface area (Å²) in [7, 11) is 0. The van der Waals surface area contributed by atoms with Crippen molar-refractivity contribution in [3.8, 4) is 11.5 Å². The lowest BCUT2D eigenvalue weighted by Crippen LogP contribution is -2.64. The molecule has 108 valence electrons. The van der Waals surface area contributed by atoms with E-state index in [2.05, 4.69) is 18.3 Å². The molecule has 2 unspecified atom stereocenters. The van der Waals surface area contributed by atoms with Gasteiger partial charge in [0.05, 0.1) is 6.10 Å². The Morgan fingerprint density at radius 1 is 1.30 bits per heavy atom. The Morgan fingerprint density at radius 2 is 2.15 bits per heavy atom. The second-order valence-corrected chi connectivity index (χ2v) is 6.03. The number of nitrogens with one attached hydrogen (secondary N) is 1. The maximum absolute atomic E-state index is 5.89. The molecule has 1 heterocycles. The Morgan fingerprint density at radius 3 is 2.90 bits per heavy atom. The normalized spacial score (nSPS) is 28.9. The predicted molar refractivity (Wildman–Crippen MR) is 76.3 cm³/mol. The van der Waals surface area contributed by atoms with Gasteiger partial charge in [0.25, 0.3) is 0 Å². The van der Waals surface area contributed by atoms with E-state index < -0.39 is 0 Å². The van der Waals surface area contributed by atoms with E-state index in [1.54, 1.807) is 0 Å². The van der Waals surface area contributed by atoms with Crippen molar-refractivity contribution in [1.29, 1.82) is 0 Å². The van der Waals surface area contributed by atoms with Crippen LogP contribution in [0.1, 0.15) is 32.6 Å². The monoisotopic (exact) mass is 275 g/mol. The fourth-order valence-corrected chi connectivity index (χ4v) is 3.83. The molecule has 1 aromatic rings. The summed E-state index contributed by atoms with van der Waals surface area (Å²) in [5.41, 5.74) is 1.51. The maximum Gasteiger partial charge on any atom is 0.231 e. The zero-order valence-corrected chi connectivity index (χ0v) is 11.9. The summed E-state index contributed by atoms with van der Waals surface area (Å²) in [4.78, 5) is 0. The number of hydrogen-bond donors (Lipinski definition) is 1. The second kappa shape index (κ2) is 4.55. The highest BCUT2D eigenvalue weighted by atomic mass is 16.7. The number of hydrogen-bond acceptors (Lipinski definition) is 4. The first-order valence-electron chi connectivity index (χ1n) is 7.59. The number of anilines is 1. The van der Waals surface area contributed by atoms with Crippen LogP contribution in [0.3, 0.4) is 0 Å². The van der Waals surface area contributed by atoms with Crippen molar-refractivity contribution >= 4 is 5.69 Å². The molecular weight excluding hydrogens is 254 g/mol. The molecule has 0 saturated heterocycles. The topological polar surface area (TPSA) is 39.7 Å². The van der Waals surface area contributed by atoms with Gasteiger partial charge >= 0.3 is 0 Å². The van der Waals surface area contributed by atoms with Crippen LogP contribution in [0, 0.1) is 5.41 Å². The summed E-state index contributed by atoms with van der Waals surface area (Å²) in [6.07, 6.45) is 5.48. The van der Waals surface area contributed by atoms with Crippen molar-refractivity contribution in [1.82, 2.24) is 0 Å². The van der Waals surface area contributed by atoms with Gasteiger partial charge in [0, 0.05) is 29.8 Å². The zero-order chi connectivity index (χ0) is 13.6. The molecule has 4 rings (SSSR count). The van der Waals surface area contributed by atoms with E-state index in [9.17, 15) is 0 Å². The van der Waals surface area contributed by atoms with E-state index in [0.717, 1.165) is 30.2 Å². The largest absolute Gasteiger partial charge is 0.454 e. The number of rotatable bonds is 4. The van der Waals surface area contributed by atoms with Gasteiger partial charge in [-0.2, -0.15) is 0 Å². The van der Waals surface area contributed by atoms with Crippen LogP contribution in [0.2, 0.25) is 0 Å². The molecule has 0 bridgehead atoms. The molecule has 4 nitrogen and oxygen atoms in total. The minimum Gasteiger partial charge on any atom is -0.454 e. The number of fused-ring (bicyclic) bond motifs is 1. The third-order valence-electron chi connectivity index (χ3n) is 5.15. The summed E-state index contributed by atoms with van der Waals surface area (Å²) in [6.45, 7) is 3.24. The molecule has 20 heavy (non-hydrogen) atoms. The lowest BCUT2D eigenvalue weighted by Gasteiger charge is -2.61. The lowest BCUT2D eigenvalue weighted by molar-refractivity contribution is -0.157. The summed E-state index contributed by atoms with van der Waals surface area (Å²) in [5.74, 6) is 1.69. The van der Waals surface area contributed by atoms with Gasteiger partial charge in [0.2, 0.25) is 6.79 Å². The Hall–Kier alpha value is -1.42. The van der Waals surface area contributed by atoms with E-state index in [4.69, 9.17) is 14.2 Å². The minimum atomic E-state index is 0.332. The quantitative estimate of drug-likeness (QED) is 0.916.